The highest BCUT2D eigenvalue weighted by atomic mass is 16.6. The molecule has 0 fully saturated rings. The molecular formula is C34H46O6. The molecular weight excluding hydrogens is 504 g/mol. The van der Waals surface area contributed by atoms with Crippen LogP contribution < -0.4 is 9.47 Å². The van der Waals surface area contributed by atoms with Gasteiger partial charge in [0.1, 0.15) is 36.9 Å². The van der Waals surface area contributed by atoms with Gasteiger partial charge in [0.2, 0.25) is 0 Å². The molecule has 2 atom stereocenters. The second-order valence-corrected chi connectivity index (χ2v) is 10.6. The van der Waals surface area contributed by atoms with E-state index in [2.05, 4.69) is 13.8 Å². The molecule has 0 N–H and O–H groups in total. The Morgan fingerprint density at radius 3 is 1.25 bits per heavy atom. The Hall–Kier alpha value is -3.28. The van der Waals surface area contributed by atoms with E-state index in [1.54, 1.807) is 0 Å². The van der Waals surface area contributed by atoms with Crippen molar-refractivity contribution in [2.24, 2.45) is 0 Å². The van der Waals surface area contributed by atoms with Crippen molar-refractivity contribution in [3.63, 3.8) is 0 Å². The maximum atomic E-state index is 12.2. The van der Waals surface area contributed by atoms with Crippen LogP contribution in [0, 0.1) is 0 Å². The van der Waals surface area contributed by atoms with Crippen molar-refractivity contribution >= 4 is 33.5 Å². The van der Waals surface area contributed by atoms with Crippen molar-refractivity contribution in [1.82, 2.24) is 0 Å². The molecule has 0 saturated carbocycles. The summed E-state index contributed by atoms with van der Waals surface area (Å²) in [7, 11) is 0. The summed E-state index contributed by atoms with van der Waals surface area (Å²) in [5.74, 6) is 1.11. The molecule has 3 aromatic rings. The van der Waals surface area contributed by atoms with Gasteiger partial charge in [-0.3, -0.25) is 9.59 Å². The number of hydrogen-bond donors (Lipinski definition) is 0. The quantitative estimate of drug-likeness (QED) is 0.0897. The van der Waals surface area contributed by atoms with Gasteiger partial charge in [-0.15, -0.1) is 0 Å². The molecule has 0 aromatic heterocycles. The minimum absolute atomic E-state index is 0.179. The first-order valence-corrected chi connectivity index (χ1v) is 15.0. The van der Waals surface area contributed by atoms with Gasteiger partial charge in [-0.2, -0.15) is 0 Å². The first kappa shape index (κ1) is 31.3. The lowest BCUT2D eigenvalue weighted by Gasteiger charge is -2.21. The van der Waals surface area contributed by atoms with Crippen LogP contribution >= 0.6 is 0 Å². The van der Waals surface area contributed by atoms with E-state index in [0.717, 1.165) is 84.4 Å². The van der Waals surface area contributed by atoms with Gasteiger partial charge in [0.25, 0.3) is 0 Å². The maximum Gasteiger partial charge on any atom is 0.306 e. The zero-order chi connectivity index (χ0) is 28.7. The van der Waals surface area contributed by atoms with Crippen LogP contribution in [0.25, 0.3) is 21.5 Å². The molecule has 0 heterocycles. The van der Waals surface area contributed by atoms with Crippen LogP contribution in [0.4, 0.5) is 0 Å². The summed E-state index contributed by atoms with van der Waals surface area (Å²) in [6, 6.07) is 15.9. The third kappa shape index (κ3) is 9.42. The number of fused-ring (bicyclic) bond motifs is 2. The number of esters is 2. The number of ether oxygens (including phenoxy) is 4. The normalized spacial score (nSPS) is 12.7. The third-order valence-electron chi connectivity index (χ3n) is 6.89. The van der Waals surface area contributed by atoms with Gasteiger partial charge in [-0.1, -0.05) is 101 Å². The average molecular weight is 551 g/mol. The SMILES string of the molecule is CCCCCCC(=O)OC(C)COc1c2ccccc2c(OCC(C)OC(=O)CCCCCC)c2ccccc12. The standard InChI is InChI=1S/C34H46O6/c1-5-7-9-11-21-31(35)39-25(3)23-37-33-27-17-13-15-19-29(27)34(30-20-16-14-18-28(30)33)38-24-26(4)40-32(36)22-12-10-8-6-2/h13-20,25-26H,5-12,21-24H2,1-4H3. The number of rotatable bonds is 18. The number of carbonyl (C=O) groups excluding carboxylic acids is 2. The monoisotopic (exact) mass is 550 g/mol. The molecule has 6 heteroatoms. The van der Waals surface area contributed by atoms with Gasteiger partial charge in [-0.05, 0) is 26.7 Å². The second-order valence-electron chi connectivity index (χ2n) is 10.6. The van der Waals surface area contributed by atoms with Gasteiger partial charge in [0.15, 0.2) is 0 Å². The first-order chi connectivity index (χ1) is 19.4. The molecule has 0 aliphatic heterocycles. The molecule has 0 bridgehead atoms. The second kappa shape index (κ2) is 16.7. The van der Waals surface area contributed by atoms with Crippen LogP contribution in [0.1, 0.15) is 91.9 Å². The van der Waals surface area contributed by atoms with E-state index >= 15 is 0 Å². The van der Waals surface area contributed by atoms with E-state index in [1.165, 1.54) is 0 Å². The van der Waals surface area contributed by atoms with Gasteiger partial charge in [0, 0.05) is 34.4 Å². The van der Waals surface area contributed by atoms with Crippen LogP contribution in [0.3, 0.4) is 0 Å². The largest absolute Gasteiger partial charge is 0.488 e. The average Bonchev–Trinajstić information content (AvgIpc) is 2.95. The number of hydrogen-bond acceptors (Lipinski definition) is 6. The van der Waals surface area contributed by atoms with E-state index in [9.17, 15) is 9.59 Å². The van der Waals surface area contributed by atoms with Crippen molar-refractivity contribution in [3.8, 4) is 11.5 Å². The molecule has 0 amide bonds. The lowest BCUT2D eigenvalue weighted by Crippen LogP contribution is -2.22. The van der Waals surface area contributed by atoms with E-state index < -0.39 is 0 Å². The van der Waals surface area contributed by atoms with Crippen molar-refractivity contribution in [2.75, 3.05) is 13.2 Å². The molecule has 2 unspecified atom stereocenters. The topological polar surface area (TPSA) is 71.1 Å². The fraction of sp³-hybridized carbons (Fsp3) is 0.529. The Balaban J connectivity index is 1.71. The zero-order valence-corrected chi connectivity index (χ0v) is 24.7. The molecule has 0 aliphatic rings. The summed E-state index contributed by atoms with van der Waals surface area (Å²) >= 11 is 0. The van der Waals surface area contributed by atoms with Crippen molar-refractivity contribution in [1.29, 1.82) is 0 Å². The number of unbranched alkanes of at least 4 members (excludes halogenated alkanes) is 6. The van der Waals surface area contributed by atoms with Gasteiger partial charge in [-0.25, -0.2) is 0 Å². The molecule has 3 rings (SSSR count). The first-order valence-electron chi connectivity index (χ1n) is 15.0. The van der Waals surface area contributed by atoms with Gasteiger partial charge >= 0.3 is 11.9 Å². The van der Waals surface area contributed by atoms with Crippen molar-refractivity contribution in [3.05, 3.63) is 48.5 Å². The van der Waals surface area contributed by atoms with E-state index in [4.69, 9.17) is 18.9 Å². The highest BCUT2D eigenvalue weighted by molar-refractivity contribution is 6.11. The van der Waals surface area contributed by atoms with E-state index in [-0.39, 0.29) is 37.4 Å². The van der Waals surface area contributed by atoms with Crippen LogP contribution in [-0.4, -0.2) is 37.4 Å². The minimum Gasteiger partial charge on any atom is -0.488 e. The van der Waals surface area contributed by atoms with E-state index in [0.29, 0.717) is 12.8 Å². The van der Waals surface area contributed by atoms with Gasteiger partial charge < -0.3 is 18.9 Å². The Labute approximate surface area is 239 Å². The molecule has 40 heavy (non-hydrogen) atoms. The van der Waals surface area contributed by atoms with Crippen molar-refractivity contribution < 1.29 is 28.5 Å². The molecule has 0 saturated heterocycles. The summed E-state index contributed by atoms with van der Waals surface area (Å²) in [6.45, 7) is 8.52. The van der Waals surface area contributed by atoms with Crippen LogP contribution in [0.2, 0.25) is 0 Å². The summed E-state index contributed by atoms with van der Waals surface area (Å²) in [6.07, 6.45) is 8.48. The molecule has 3 aromatic carbocycles. The number of benzene rings is 3. The molecule has 6 nitrogen and oxygen atoms in total. The fourth-order valence-corrected chi connectivity index (χ4v) is 4.79. The Morgan fingerprint density at radius 2 is 0.925 bits per heavy atom. The summed E-state index contributed by atoms with van der Waals surface area (Å²) in [4.78, 5) is 24.5. The predicted octanol–water partition coefficient (Wildman–Crippen LogP) is 8.55. The minimum atomic E-state index is -0.371. The lowest BCUT2D eigenvalue weighted by atomic mass is 10.0. The summed E-state index contributed by atoms with van der Waals surface area (Å²) in [5.41, 5.74) is 0. The lowest BCUT2D eigenvalue weighted by molar-refractivity contribution is -0.150. The Morgan fingerprint density at radius 1 is 0.575 bits per heavy atom. The van der Waals surface area contributed by atoms with Gasteiger partial charge in [0.05, 0.1) is 0 Å². The maximum absolute atomic E-state index is 12.2. The molecule has 0 radical (unpaired) electrons. The summed E-state index contributed by atoms with van der Waals surface area (Å²) < 4.78 is 23.9. The summed E-state index contributed by atoms with van der Waals surface area (Å²) in [5, 5.41) is 3.65. The molecule has 218 valence electrons. The van der Waals surface area contributed by atoms with Crippen LogP contribution in [-0.2, 0) is 19.1 Å². The smallest absolute Gasteiger partial charge is 0.306 e. The van der Waals surface area contributed by atoms with Crippen molar-refractivity contribution in [2.45, 2.75) is 104 Å². The molecule has 0 spiro atoms. The Bertz CT molecular complexity index is 1070. The van der Waals surface area contributed by atoms with Crippen LogP contribution in [0.15, 0.2) is 48.5 Å². The molecule has 0 aliphatic carbocycles. The number of carbonyl (C=O) groups is 2. The highest BCUT2D eigenvalue weighted by Crippen LogP contribution is 2.42. The third-order valence-corrected chi connectivity index (χ3v) is 6.89. The highest BCUT2D eigenvalue weighted by Gasteiger charge is 2.19. The van der Waals surface area contributed by atoms with E-state index in [1.807, 2.05) is 62.4 Å². The fourth-order valence-electron chi connectivity index (χ4n) is 4.79. The van der Waals surface area contributed by atoms with Crippen LogP contribution in [0.5, 0.6) is 11.5 Å². The zero-order valence-electron chi connectivity index (χ0n) is 24.7. The predicted molar refractivity (Wildman–Crippen MR) is 161 cm³/mol. The Kier molecular flexibility index (Phi) is 13.1.